The van der Waals surface area contributed by atoms with Crippen LogP contribution in [0.25, 0.3) is 0 Å². The van der Waals surface area contributed by atoms with Crippen LogP contribution in [-0.2, 0) is 23.9 Å². The Balaban J connectivity index is 1.31. The molecule has 9 heteroatoms. The molecule has 0 bridgehead atoms. The van der Waals surface area contributed by atoms with Gasteiger partial charge in [0.05, 0.1) is 31.6 Å². The molecule has 0 spiro atoms. The third-order valence-electron chi connectivity index (χ3n) is 6.22. The van der Waals surface area contributed by atoms with Crippen LogP contribution in [0, 0.1) is 11.8 Å². The fraction of sp³-hybridized carbons (Fsp3) is 0.478. The van der Waals surface area contributed by atoms with Crippen molar-refractivity contribution in [2.45, 2.75) is 25.8 Å². The summed E-state index contributed by atoms with van der Waals surface area (Å²) in [6.07, 6.45) is 4.92. The van der Waals surface area contributed by atoms with E-state index in [1.54, 1.807) is 31.2 Å². The third kappa shape index (κ3) is 4.73. The van der Waals surface area contributed by atoms with Gasteiger partial charge < -0.3 is 15.4 Å². The Morgan fingerprint density at radius 2 is 1.50 bits per heavy atom. The van der Waals surface area contributed by atoms with E-state index in [0.29, 0.717) is 44.0 Å². The SMILES string of the molecule is CC(C(=O)Nc1ccc(NC(=O)CN2CCOCC2)cc1)N1C(=O)C2CC=CCC2C1=O. The second-order valence-corrected chi connectivity index (χ2v) is 8.38. The van der Waals surface area contributed by atoms with Crippen molar-refractivity contribution in [3.8, 4) is 0 Å². The molecule has 0 saturated carbocycles. The van der Waals surface area contributed by atoms with E-state index in [-0.39, 0.29) is 29.6 Å². The highest BCUT2D eigenvalue weighted by atomic mass is 16.5. The predicted molar refractivity (Wildman–Crippen MR) is 118 cm³/mol. The monoisotopic (exact) mass is 440 g/mol. The lowest BCUT2D eigenvalue weighted by Crippen LogP contribution is -2.46. The molecule has 9 nitrogen and oxygen atoms in total. The van der Waals surface area contributed by atoms with Crippen LogP contribution in [0.3, 0.4) is 0 Å². The average molecular weight is 441 g/mol. The Morgan fingerprint density at radius 3 is 2.06 bits per heavy atom. The number of amides is 4. The number of ether oxygens (including phenoxy) is 1. The van der Waals surface area contributed by atoms with Crippen molar-refractivity contribution >= 4 is 35.0 Å². The largest absolute Gasteiger partial charge is 0.379 e. The number of hydrogen-bond acceptors (Lipinski definition) is 6. The summed E-state index contributed by atoms with van der Waals surface area (Å²) in [5, 5.41) is 5.59. The van der Waals surface area contributed by atoms with Crippen LogP contribution in [0.2, 0.25) is 0 Å². The Morgan fingerprint density at radius 1 is 0.969 bits per heavy atom. The summed E-state index contributed by atoms with van der Waals surface area (Å²) in [4.78, 5) is 53.4. The van der Waals surface area contributed by atoms with E-state index in [9.17, 15) is 19.2 Å². The van der Waals surface area contributed by atoms with E-state index < -0.39 is 11.9 Å². The zero-order valence-electron chi connectivity index (χ0n) is 18.1. The molecule has 2 heterocycles. The van der Waals surface area contributed by atoms with E-state index in [2.05, 4.69) is 10.6 Å². The fourth-order valence-electron chi connectivity index (χ4n) is 4.37. The number of allylic oxidation sites excluding steroid dienone is 2. The predicted octanol–water partition coefficient (Wildman–Crippen LogP) is 1.24. The first kappa shape index (κ1) is 22.2. The van der Waals surface area contributed by atoms with Gasteiger partial charge in [-0.15, -0.1) is 0 Å². The Hall–Kier alpha value is -3.04. The number of hydrogen-bond donors (Lipinski definition) is 2. The number of benzene rings is 1. The number of anilines is 2. The molecular weight excluding hydrogens is 412 g/mol. The smallest absolute Gasteiger partial charge is 0.247 e. The summed E-state index contributed by atoms with van der Waals surface area (Å²) in [5.41, 5.74) is 1.14. The van der Waals surface area contributed by atoms with Gasteiger partial charge in [0.25, 0.3) is 0 Å². The van der Waals surface area contributed by atoms with Crippen LogP contribution in [0.15, 0.2) is 36.4 Å². The number of morpholine rings is 1. The van der Waals surface area contributed by atoms with Crippen molar-refractivity contribution in [2.24, 2.45) is 11.8 Å². The minimum atomic E-state index is -0.895. The highest BCUT2D eigenvalue weighted by Crippen LogP contribution is 2.36. The molecule has 3 atom stereocenters. The topological polar surface area (TPSA) is 108 Å². The van der Waals surface area contributed by atoms with Gasteiger partial charge in [0.15, 0.2) is 0 Å². The Bertz CT molecular complexity index is 897. The molecule has 4 amide bonds. The second kappa shape index (κ2) is 9.62. The summed E-state index contributed by atoms with van der Waals surface area (Å²) >= 11 is 0. The highest BCUT2D eigenvalue weighted by Gasteiger charge is 2.50. The quantitative estimate of drug-likeness (QED) is 0.509. The number of carbonyl (C=O) groups is 4. The van der Waals surface area contributed by atoms with Gasteiger partial charge in [-0.25, -0.2) is 0 Å². The first-order chi connectivity index (χ1) is 15.4. The van der Waals surface area contributed by atoms with Crippen molar-refractivity contribution in [1.29, 1.82) is 0 Å². The molecule has 1 aromatic carbocycles. The van der Waals surface area contributed by atoms with E-state index >= 15 is 0 Å². The van der Waals surface area contributed by atoms with Crippen molar-refractivity contribution in [2.75, 3.05) is 43.5 Å². The molecule has 2 fully saturated rings. The molecule has 32 heavy (non-hydrogen) atoms. The minimum absolute atomic E-state index is 0.112. The molecule has 170 valence electrons. The summed E-state index contributed by atoms with van der Waals surface area (Å²) in [6.45, 7) is 4.60. The number of nitrogens with one attached hydrogen (secondary N) is 2. The first-order valence-electron chi connectivity index (χ1n) is 11.0. The van der Waals surface area contributed by atoms with Crippen LogP contribution in [0.4, 0.5) is 11.4 Å². The summed E-state index contributed by atoms with van der Waals surface area (Å²) < 4.78 is 5.28. The first-order valence-corrected chi connectivity index (χ1v) is 11.0. The van der Waals surface area contributed by atoms with Gasteiger partial charge in [0.1, 0.15) is 6.04 Å². The van der Waals surface area contributed by atoms with Crippen molar-refractivity contribution in [3.63, 3.8) is 0 Å². The molecule has 0 aromatic heterocycles. The summed E-state index contributed by atoms with van der Waals surface area (Å²) in [7, 11) is 0. The Kier molecular flexibility index (Phi) is 6.66. The number of rotatable bonds is 6. The fourth-order valence-corrected chi connectivity index (χ4v) is 4.37. The van der Waals surface area contributed by atoms with Gasteiger partial charge in [0, 0.05) is 24.5 Å². The standard InChI is InChI=1S/C23H28N4O5/c1-15(27-22(30)18-4-2-3-5-19(18)23(27)31)21(29)25-17-8-6-16(7-9-17)24-20(28)14-26-10-12-32-13-11-26/h2-3,6-9,15,18-19H,4-5,10-14H2,1H3,(H,24,28)(H,25,29). The lowest BCUT2D eigenvalue weighted by atomic mass is 9.85. The number of fused-ring (bicyclic) bond motifs is 1. The number of carbonyl (C=O) groups excluding carboxylic acids is 4. The molecule has 2 N–H and O–H groups in total. The van der Waals surface area contributed by atoms with Crippen LogP contribution >= 0.6 is 0 Å². The van der Waals surface area contributed by atoms with Gasteiger partial charge in [-0.05, 0) is 44.0 Å². The van der Waals surface area contributed by atoms with Crippen molar-refractivity contribution in [3.05, 3.63) is 36.4 Å². The number of likely N-dealkylation sites (tertiary alicyclic amines) is 1. The van der Waals surface area contributed by atoms with Gasteiger partial charge in [0.2, 0.25) is 23.6 Å². The maximum atomic E-state index is 12.7. The average Bonchev–Trinajstić information content (AvgIpc) is 3.05. The third-order valence-corrected chi connectivity index (χ3v) is 6.22. The molecule has 4 rings (SSSR count). The van der Waals surface area contributed by atoms with Crippen molar-refractivity contribution < 1.29 is 23.9 Å². The van der Waals surface area contributed by atoms with Crippen molar-refractivity contribution in [1.82, 2.24) is 9.80 Å². The normalized spacial score (nSPS) is 24.2. The zero-order chi connectivity index (χ0) is 22.7. The van der Waals surface area contributed by atoms with Gasteiger partial charge in [-0.2, -0.15) is 0 Å². The van der Waals surface area contributed by atoms with Crippen LogP contribution in [0.1, 0.15) is 19.8 Å². The van der Waals surface area contributed by atoms with Crippen LogP contribution in [-0.4, -0.2) is 72.3 Å². The lowest BCUT2D eigenvalue weighted by Gasteiger charge is -2.25. The highest BCUT2D eigenvalue weighted by molar-refractivity contribution is 6.10. The number of nitrogens with zero attached hydrogens (tertiary/aromatic N) is 2. The molecular formula is C23H28N4O5. The van der Waals surface area contributed by atoms with Gasteiger partial charge >= 0.3 is 0 Å². The summed E-state index contributed by atoms with van der Waals surface area (Å²) in [6, 6.07) is 5.85. The Labute approximate surface area is 186 Å². The summed E-state index contributed by atoms with van der Waals surface area (Å²) in [5.74, 6) is -1.80. The van der Waals surface area contributed by atoms with Gasteiger partial charge in [-0.3, -0.25) is 29.0 Å². The van der Waals surface area contributed by atoms with E-state index in [1.165, 1.54) is 0 Å². The van der Waals surface area contributed by atoms with E-state index in [4.69, 9.17) is 4.74 Å². The molecule has 2 aliphatic heterocycles. The molecule has 0 radical (unpaired) electrons. The second-order valence-electron chi connectivity index (χ2n) is 8.38. The molecule has 3 aliphatic rings. The molecule has 3 unspecified atom stereocenters. The van der Waals surface area contributed by atoms with Gasteiger partial charge in [-0.1, -0.05) is 12.2 Å². The zero-order valence-corrected chi connectivity index (χ0v) is 18.1. The van der Waals surface area contributed by atoms with Crippen LogP contribution in [0.5, 0.6) is 0 Å². The maximum absolute atomic E-state index is 12.7. The molecule has 1 aliphatic carbocycles. The maximum Gasteiger partial charge on any atom is 0.247 e. The minimum Gasteiger partial charge on any atom is -0.379 e. The van der Waals surface area contributed by atoms with E-state index in [0.717, 1.165) is 18.0 Å². The molecule has 2 saturated heterocycles. The van der Waals surface area contributed by atoms with E-state index in [1.807, 2.05) is 17.1 Å². The van der Waals surface area contributed by atoms with Crippen LogP contribution < -0.4 is 10.6 Å². The molecule has 1 aromatic rings. The lowest BCUT2D eigenvalue weighted by molar-refractivity contribution is -0.146. The number of imide groups is 1.